The van der Waals surface area contributed by atoms with Crippen LogP contribution in [0.5, 0.6) is 11.5 Å². The Hall–Kier alpha value is -3.86. The number of rotatable bonds is 13. The zero-order valence-electron chi connectivity index (χ0n) is 25.3. The maximum absolute atomic E-state index is 13.7. The van der Waals surface area contributed by atoms with Crippen LogP contribution in [-0.2, 0) is 15.3 Å². The fourth-order valence-corrected chi connectivity index (χ4v) is 7.10. The molecule has 1 atom stereocenters. The van der Waals surface area contributed by atoms with Crippen LogP contribution in [0, 0.1) is 6.92 Å². The van der Waals surface area contributed by atoms with Crippen molar-refractivity contribution in [1.29, 1.82) is 0 Å². The van der Waals surface area contributed by atoms with E-state index in [0.717, 1.165) is 30.4 Å². The lowest BCUT2D eigenvalue weighted by molar-refractivity contribution is -0.132. The largest absolute Gasteiger partial charge is 0.507 e. The third-order valence-corrected chi connectivity index (χ3v) is 9.74. The van der Waals surface area contributed by atoms with Gasteiger partial charge in [0, 0.05) is 16.3 Å². The maximum atomic E-state index is 13.7. The Morgan fingerprint density at radius 2 is 1.78 bits per heavy atom. The van der Waals surface area contributed by atoms with Crippen LogP contribution < -0.4 is 14.4 Å². The lowest BCUT2D eigenvalue weighted by atomic mass is 9.95. The summed E-state index contributed by atoms with van der Waals surface area (Å²) in [6.45, 7) is 6.87. The van der Waals surface area contributed by atoms with Crippen molar-refractivity contribution in [3.63, 3.8) is 0 Å². The lowest BCUT2D eigenvalue weighted by Gasteiger charge is -2.23. The van der Waals surface area contributed by atoms with Gasteiger partial charge in [-0.2, -0.15) is 0 Å². The molecule has 11 heteroatoms. The van der Waals surface area contributed by atoms with Gasteiger partial charge >= 0.3 is 5.91 Å². The van der Waals surface area contributed by atoms with Gasteiger partial charge in [0.1, 0.15) is 5.76 Å². The summed E-state index contributed by atoms with van der Waals surface area (Å²) in [6, 6.07) is 19.0. The normalized spacial score (nSPS) is 15.9. The van der Waals surface area contributed by atoms with Gasteiger partial charge in [0.15, 0.2) is 15.8 Å². The predicted molar refractivity (Wildman–Crippen MR) is 180 cm³/mol. The van der Waals surface area contributed by atoms with Gasteiger partial charge < -0.3 is 14.6 Å². The Bertz CT molecular complexity index is 1710. The van der Waals surface area contributed by atoms with Crippen molar-refractivity contribution in [3.05, 3.63) is 99.6 Å². The number of anilines is 1. The quantitative estimate of drug-likeness (QED) is 0.0380. The van der Waals surface area contributed by atoms with Crippen LogP contribution >= 0.6 is 34.7 Å². The van der Waals surface area contributed by atoms with E-state index in [9.17, 15) is 14.7 Å². The summed E-state index contributed by atoms with van der Waals surface area (Å²) < 4.78 is 12.6. The average molecular weight is 664 g/mol. The van der Waals surface area contributed by atoms with Crippen LogP contribution in [0.2, 0.25) is 5.02 Å². The van der Waals surface area contributed by atoms with Crippen molar-refractivity contribution in [2.24, 2.45) is 0 Å². The number of thioether (sulfide) groups is 1. The highest BCUT2D eigenvalue weighted by atomic mass is 35.5. The van der Waals surface area contributed by atoms with E-state index in [2.05, 4.69) is 17.1 Å². The number of halogens is 1. The number of aliphatic hydroxyl groups is 1. The molecule has 5 rings (SSSR count). The molecule has 4 aromatic rings. The van der Waals surface area contributed by atoms with Gasteiger partial charge in [-0.1, -0.05) is 109 Å². The van der Waals surface area contributed by atoms with Crippen LogP contribution in [0.1, 0.15) is 61.4 Å². The van der Waals surface area contributed by atoms with Gasteiger partial charge in [0.25, 0.3) is 5.78 Å². The number of Topliss-reactive ketones (excluding diaryl/α,β-unsaturated/α-hetero) is 1. The molecule has 234 valence electrons. The number of aliphatic hydroxyl groups excluding tert-OH is 1. The van der Waals surface area contributed by atoms with Gasteiger partial charge in [-0.15, -0.1) is 10.2 Å². The van der Waals surface area contributed by atoms with Crippen LogP contribution in [0.3, 0.4) is 0 Å². The van der Waals surface area contributed by atoms with Crippen molar-refractivity contribution < 1.29 is 24.2 Å². The smallest absolute Gasteiger partial charge is 0.301 e. The number of carbonyl (C=O) groups is 2. The molecule has 1 aliphatic rings. The van der Waals surface area contributed by atoms with E-state index in [0.29, 0.717) is 51.0 Å². The molecule has 1 aromatic heterocycles. The number of hydrogen-bond donors (Lipinski definition) is 1. The molecule has 45 heavy (non-hydrogen) atoms. The van der Waals surface area contributed by atoms with Gasteiger partial charge in [0.05, 0.1) is 24.8 Å². The summed E-state index contributed by atoms with van der Waals surface area (Å²) in [5, 5.41) is 21.0. The number of amides is 1. The van der Waals surface area contributed by atoms with E-state index in [1.807, 2.05) is 50.2 Å². The Morgan fingerprint density at radius 1 is 1.00 bits per heavy atom. The number of benzene rings is 3. The molecule has 0 radical (unpaired) electrons. The molecule has 0 saturated carbocycles. The van der Waals surface area contributed by atoms with Gasteiger partial charge in [-0.25, -0.2) is 0 Å². The minimum Gasteiger partial charge on any atom is -0.507 e. The molecular weight excluding hydrogens is 630 g/mol. The van der Waals surface area contributed by atoms with Crippen molar-refractivity contribution in [1.82, 2.24) is 10.2 Å². The molecule has 8 nitrogen and oxygen atoms in total. The van der Waals surface area contributed by atoms with E-state index >= 15 is 0 Å². The molecule has 1 N–H and O–H groups in total. The summed E-state index contributed by atoms with van der Waals surface area (Å²) in [7, 11) is 0. The SMILES string of the molecule is CCCCCOc1ccc(C2/C(=C(\O)c3ccc(C)cc3)C(=O)C(=O)N2c2nnc(SCc3ccccc3Cl)s2)cc1OCC. The Labute approximate surface area is 276 Å². The summed E-state index contributed by atoms with van der Waals surface area (Å²) >= 11 is 8.96. The Morgan fingerprint density at radius 3 is 2.51 bits per heavy atom. The van der Waals surface area contributed by atoms with E-state index in [1.54, 1.807) is 30.3 Å². The van der Waals surface area contributed by atoms with E-state index in [-0.39, 0.29) is 16.5 Å². The van der Waals surface area contributed by atoms with Crippen molar-refractivity contribution in [2.75, 3.05) is 18.1 Å². The third kappa shape index (κ3) is 7.35. The fraction of sp³-hybridized carbons (Fsp3) is 0.294. The molecular formula is C34H34ClN3O5S2. The molecule has 0 bridgehead atoms. The standard InChI is InChI=1S/C34H34ClN3O5S2/c1-4-6-9-18-43-26-17-16-23(19-27(26)42-5-2)29-28(30(39)22-14-12-21(3)13-15-22)31(40)32(41)38(29)33-36-37-34(45-33)44-20-24-10-7-8-11-25(24)35/h7-8,10-17,19,29,39H,4-6,9,18,20H2,1-3H3/b30-28+. The number of unbranched alkanes of at least 4 members (excludes halogenated alkanes) is 2. The highest BCUT2D eigenvalue weighted by molar-refractivity contribution is 8.00. The van der Waals surface area contributed by atoms with Gasteiger partial charge in [-0.3, -0.25) is 14.5 Å². The highest BCUT2D eigenvalue weighted by Gasteiger charge is 2.48. The number of ether oxygens (including phenoxy) is 2. The zero-order valence-corrected chi connectivity index (χ0v) is 27.7. The van der Waals surface area contributed by atoms with Crippen LogP contribution in [-0.4, -0.2) is 40.2 Å². The van der Waals surface area contributed by atoms with Crippen molar-refractivity contribution in [3.8, 4) is 11.5 Å². The highest BCUT2D eigenvalue weighted by Crippen LogP contribution is 2.46. The number of hydrogen-bond acceptors (Lipinski definition) is 9. The number of carbonyl (C=O) groups excluding carboxylic acids is 2. The average Bonchev–Trinajstić information content (AvgIpc) is 3.61. The number of ketones is 1. The predicted octanol–water partition coefficient (Wildman–Crippen LogP) is 8.39. The first kappa shape index (κ1) is 32.5. The molecule has 1 saturated heterocycles. The fourth-order valence-electron chi connectivity index (χ4n) is 4.94. The third-order valence-electron chi connectivity index (χ3n) is 7.27. The van der Waals surface area contributed by atoms with Crippen LogP contribution in [0.15, 0.2) is 76.6 Å². The molecule has 1 unspecified atom stereocenters. The van der Waals surface area contributed by atoms with E-state index in [1.165, 1.54) is 28.0 Å². The second-order valence-electron chi connectivity index (χ2n) is 10.5. The number of aromatic nitrogens is 2. The molecule has 0 aliphatic carbocycles. The molecule has 1 amide bonds. The van der Waals surface area contributed by atoms with Crippen LogP contribution in [0.4, 0.5) is 5.13 Å². The first-order valence-electron chi connectivity index (χ1n) is 14.8. The van der Waals surface area contributed by atoms with Crippen molar-refractivity contribution in [2.45, 2.75) is 56.2 Å². The first-order valence-corrected chi connectivity index (χ1v) is 17.0. The number of nitrogens with zero attached hydrogens (tertiary/aromatic N) is 3. The number of aryl methyl sites for hydroxylation is 1. The first-order chi connectivity index (χ1) is 21.8. The topological polar surface area (TPSA) is 102 Å². The Balaban J connectivity index is 1.55. The summed E-state index contributed by atoms with van der Waals surface area (Å²) in [6.07, 6.45) is 3.04. The second kappa shape index (κ2) is 14.9. The van der Waals surface area contributed by atoms with E-state index < -0.39 is 17.7 Å². The lowest BCUT2D eigenvalue weighted by Crippen LogP contribution is -2.29. The maximum Gasteiger partial charge on any atom is 0.301 e. The van der Waals surface area contributed by atoms with Crippen LogP contribution in [0.25, 0.3) is 5.76 Å². The summed E-state index contributed by atoms with van der Waals surface area (Å²) in [5.41, 5.74) is 2.89. The minimum atomic E-state index is -0.978. The van der Waals surface area contributed by atoms with Gasteiger partial charge in [-0.05, 0) is 49.6 Å². The van der Waals surface area contributed by atoms with Crippen molar-refractivity contribution >= 4 is 57.3 Å². The monoisotopic (exact) mass is 663 g/mol. The molecule has 1 aliphatic heterocycles. The molecule has 2 heterocycles. The zero-order chi connectivity index (χ0) is 31.9. The minimum absolute atomic E-state index is 0.0385. The molecule has 1 fully saturated rings. The summed E-state index contributed by atoms with van der Waals surface area (Å²) in [4.78, 5) is 28.7. The molecule has 0 spiro atoms. The Kier molecular flexibility index (Phi) is 10.8. The molecule has 3 aromatic carbocycles. The summed E-state index contributed by atoms with van der Waals surface area (Å²) in [5.74, 6) is -0.262. The second-order valence-corrected chi connectivity index (χ2v) is 13.0. The van der Waals surface area contributed by atoms with E-state index in [4.69, 9.17) is 21.1 Å². The van der Waals surface area contributed by atoms with Gasteiger partial charge in [0.2, 0.25) is 5.13 Å².